The molecule has 0 aromatic carbocycles. The third-order valence-corrected chi connectivity index (χ3v) is 3.70. The molecule has 0 spiro atoms. The van der Waals surface area contributed by atoms with Crippen LogP contribution in [0.1, 0.15) is 48.7 Å². The average molecular weight is 219 g/mol. The van der Waals surface area contributed by atoms with E-state index in [2.05, 4.69) is 15.3 Å². The summed E-state index contributed by atoms with van der Waals surface area (Å²) in [6, 6.07) is 0. The molecule has 1 fully saturated rings. The van der Waals surface area contributed by atoms with Crippen molar-refractivity contribution in [2.75, 3.05) is 6.54 Å². The van der Waals surface area contributed by atoms with Crippen molar-refractivity contribution >= 4 is 0 Å². The number of nitrogens with one attached hydrogen (secondary N) is 2. The Morgan fingerprint density at radius 3 is 2.88 bits per heavy atom. The van der Waals surface area contributed by atoms with Crippen LogP contribution in [-0.2, 0) is 13.0 Å². The van der Waals surface area contributed by atoms with Gasteiger partial charge in [-0.05, 0) is 12.8 Å². The van der Waals surface area contributed by atoms with Crippen LogP contribution in [0.15, 0.2) is 4.79 Å². The monoisotopic (exact) mass is 219 g/mol. The van der Waals surface area contributed by atoms with E-state index in [-0.39, 0.29) is 5.56 Å². The van der Waals surface area contributed by atoms with Gasteiger partial charge in [0.25, 0.3) is 5.56 Å². The molecule has 2 heterocycles. The molecule has 4 nitrogen and oxygen atoms in total. The quantitative estimate of drug-likeness (QED) is 0.743. The van der Waals surface area contributed by atoms with Gasteiger partial charge in [-0.3, -0.25) is 4.79 Å². The first kappa shape index (κ1) is 10.0. The standard InChI is InChI=1S/C12H17N3O/c16-12-9-7-13-6-5-10(9)14-11(15-12)8-3-1-2-4-8/h8,13H,1-7H2,(H,14,15,16). The van der Waals surface area contributed by atoms with Gasteiger partial charge in [0, 0.05) is 25.4 Å². The number of fused-ring (bicyclic) bond motifs is 1. The fraction of sp³-hybridized carbons (Fsp3) is 0.667. The van der Waals surface area contributed by atoms with Gasteiger partial charge < -0.3 is 10.3 Å². The van der Waals surface area contributed by atoms with Crippen LogP contribution in [0.2, 0.25) is 0 Å². The molecule has 0 saturated heterocycles. The highest BCUT2D eigenvalue weighted by Gasteiger charge is 2.22. The summed E-state index contributed by atoms with van der Waals surface area (Å²) >= 11 is 0. The predicted molar refractivity (Wildman–Crippen MR) is 61.5 cm³/mol. The molecule has 86 valence electrons. The molecular formula is C12H17N3O. The van der Waals surface area contributed by atoms with Crippen LogP contribution in [0, 0.1) is 0 Å². The van der Waals surface area contributed by atoms with Gasteiger partial charge in [-0.15, -0.1) is 0 Å². The normalized spacial score (nSPS) is 21.0. The fourth-order valence-electron chi connectivity index (χ4n) is 2.77. The highest BCUT2D eigenvalue weighted by Crippen LogP contribution is 2.31. The Morgan fingerprint density at radius 1 is 1.25 bits per heavy atom. The largest absolute Gasteiger partial charge is 0.312 e. The molecule has 0 atom stereocenters. The maximum Gasteiger partial charge on any atom is 0.255 e. The molecule has 0 unspecified atom stereocenters. The second kappa shape index (κ2) is 4.01. The van der Waals surface area contributed by atoms with E-state index in [1.165, 1.54) is 25.7 Å². The molecule has 2 aliphatic rings. The first-order valence-corrected chi connectivity index (χ1v) is 6.17. The molecule has 1 aromatic rings. The van der Waals surface area contributed by atoms with E-state index >= 15 is 0 Å². The zero-order valence-electron chi connectivity index (χ0n) is 9.38. The Kier molecular flexibility index (Phi) is 2.52. The molecule has 1 aliphatic carbocycles. The van der Waals surface area contributed by atoms with E-state index in [4.69, 9.17) is 0 Å². The molecule has 4 heteroatoms. The van der Waals surface area contributed by atoms with Crippen LogP contribution in [0.3, 0.4) is 0 Å². The molecule has 0 amide bonds. The summed E-state index contributed by atoms with van der Waals surface area (Å²) < 4.78 is 0. The van der Waals surface area contributed by atoms with Crippen molar-refractivity contribution in [3.8, 4) is 0 Å². The molecule has 3 rings (SSSR count). The second-order valence-corrected chi connectivity index (χ2v) is 4.78. The lowest BCUT2D eigenvalue weighted by atomic mass is 10.1. The van der Waals surface area contributed by atoms with E-state index < -0.39 is 0 Å². The highest BCUT2D eigenvalue weighted by molar-refractivity contribution is 5.21. The molecule has 2 N–H and O–H groups in total. The van der Waals surface area contributed by atoms with E-state index in [0.29, 0.717) is 12.5 Å². The van der Waals surface area contributed by atoms with Gasteiger partial charge in [-0.2, -0.15) is 0 Å². The van der Waals surface area contributed by atoms with E-state index in [1.807, 2.05) is 0 Å². The van der Waals surface area contributed by atoms with E-state index in [0.717, 1.165) is 30.0 Å². The number of hydrogen-bond donors (Lipinski definition) is 2. The first-order chi connectivity index (χ1) is 7.84. The van der Waals surface area contributed by atoms with Crippen molar-refractivity contribution < 1.29 is 0 Å². The number of aromatic nitrogens is 2. The minimum atomic E-state index is 0.0686. The minimum absolute atomic E-state index is 0.0686. The van der Waals surface area contributed by atoms with Crippen molar-refractivity contribution in [1.29, 1.82) is 0 Å². The Labute approximate surface area is 94.5 Å². The molecule has 1 saturated carbocycles. The van der Waals surface area contributed by atoms with Crippen LogP contribution >= 0.6 is 0 Å². The summed E-state index contributed by atoms with van der Waals surface area (Å²) in [6.07, 6.45) is 5.79. The maximum atomic E-state index is 11.9. The Balaban J connectivity index is 2.01. The van der Waals surface area contributed by atoms with Crippen molar-refractivity contribution in [2.24, 2.45) is 0 Å². The summed E-state index contributed by atoms with van der Waals surface area (Å²) in [5, 5.41) is 3.21. The summed E-state index contributed by atoms with van der Waals surface area (Å²) in [7, 11) is 0. The highest BCUT2D eigenvalue weighted by atomic mass is 16.1. The summed E-state index contributed by atoms with van der Waals surface area (Å²) in [5.74, 6) is 1.43. The Hall–Kier alpha value is -1.16. The van der Waals surface area contributed by atoms with Crippen LogP contribution < -0.4 is 10.9 Å². The van der Waals surface area contributed by atoms with Crippen LogP contribution in [0.5, 0.6) is 0 Å². The van der Waals surface area contributed by atoms with Crippen LogP contribution in [0.4, 0.5) is 0 Å². The Morgan fingerprint density at radius 2 is 2.06 bits per heavy atom. The van der Waals surface area contributed by atoms with Crippen molar-refractivity contribution in [2.45, 2.75) is 44.6 Å². The van der Waals surface area contributed by atoms with E-state index in [1.54, 1.807) is 0 Å². The van der Waals surface area contributed by atoms with Gasteiger partial charge in [-0.1, -0.05) is 12.8 Å². The zero-order chi connectivity index (χ0) is 11.0. The van der Waals surface area contributed by atoms with Crippen LogP contribution in [0.25, 0.3) is 0 Å². The molecule has 0 bridgehead atoms. The third-order valence-electron chi connectivity index (χ3n) is 3.70. The number of aromatic amines is 1. The summed E-state index contributed by atoms with van der Waals surface area (Å²) in [4.78, 5) is 19.5. The van der Waals surface area contributed by atoms with Gasteiger partial charge >= 0.3 is 0 Å². The maximum absolute atomic E-state index is 11.9. The lowest BCUT2D eigenvalue weighted by molar-refractivity contribution is 0.593. The van der Waals surface area contributed by atoms with Gasteiger partial charge in [-0.25, -0.2) is 4.98 Å². The second-order valence-electron chi connectivity index (χ2n) is 4.78. The van der Waals surface area contributed by atoms with Gasteiger partial charge in [0.05, 0.1) is 11.3 Å². The topological polar surface area (TPSA) is 57.8 Å². The minimum Gasteiger partial charge on any atom is -0.312 e. The molecular weight excluding hydrogens is 202 g/mol. The average Bonchev–Trinajstić information content (AvgIpc) is 2.82. The zero-order valence-corrected chi connectivity index (χ0v) is 9.38. The lowest BCUT2D eigenvalue weighted by Crippen LogP contribution is -2.32. The van der Waals surface area contributed by atoms with Crippen molar-refractivity contribution in [3.05, 3.63) is 27.4 Å². The molecule has 1 aromatic heterocycles. The Bertz CT molecular complexity index is 446. The number of rotatable bonds is 1. The fourth-order valence-corrected chi connectivity index (χ4v) is 2.77. The smallest absolute Gasteiger partial charge is 0.255 e. The third kappa shape index (κ3) is 1.67. The van der Waals surface area contributed by atoms with Gasteiger partial charge in [0.15, 0.2) is 0 Å². The summed E-state index contributed by atoms with van der Waals surface area (Å²) in [5.41, 5.74) is 1.93. The molecule has 1 aliphatic heterocycles. The first-order valence-electron chi connectivity index (χ1n) is 6.17. The van der Waals surface area contributed by atoms with Crippen LogP contribution in [-0.4, -0.2) is 16.5 Å². The molecule has 16 heavy (non-hydrogen) atoms. The van der Waals surface area contributed by atoms with Crippen molar-refractivity contribution in [3.63, 3.8) is 0 Å². The van der Waals surface area contributed by atoms with Crippen molar-refractivity contribution in [1.82, 2.24) is 15.3 Å². The number of H-pyrrole nitrogens is 1. The molecule has 0 radical (unpaired) electrons. The summed E-state index contributed by atoms with van der Waals surface area (Å²) in [6.45, 7) is 1.61. The van der Waals surface area contributed by atoms with Gasteiger partial charge in [0.2, 0.25) is 0 Å². The van der Waals surface area contributed by atoms with Gasteiger partial charge in [0.1, 0.15) is 5.82 Å². The predicted octanol–water partition coefficient (Wildman–Crippen LogP) is 1.07. The number of hydrogen-bond acceptors (Lipinski definition) is 3. The number of nitrogens with zero attached hydrogens (tertiary/aromatic N) is 1. The SMILES string of the molecule is O=c1[nH]c(C2CCCC2)nc2c1CNCC2. The van der Waals surface area contributed by atoms with E-state index in [9.17, 15) is 4.79 Å². The lowest BCUT2D eigenvalue weighted by Gasteiger charge is -2.17.